The van der Waals surface area contributed by atoms with Crippen molar-refractivity contribution in [2.75, 3.05) is 11.9 Å². The second-order valence-electron chi connectivity index (χ2n) is 10.6. The maximum absolute atomic E-state index is 2.53. The molecule has 0 unspecified atom stereocenters. The number of hydrogen-bond acceptors (Lipinski definition) is 1. The Balaban J connectivity index is 1.91. The summed E-state index contributed by atoms with van der Waals surface area (Å²) in [5, 5.41) is 5.89. The van der Waals surface area contributed by atoms with Gasteiger partial charge < -0.3 is 4.90 Å². The number of rotatable bonds is 6. The van der Waals surface area contributed by atoms with Crippen LogP contribution in [0.25, 0.3) is 0 Å². The highest BCUT2D eigenvalue weighted by Crippen LogP contribution is 2.39. The Hall–Kier alpha value is -3.10. The molecule has 0 fully saturated rings. The summed E-state index contributed by atoms with van der Waals surface area (Å²) >= 11 is 0. The van der Waals surface area contributed by atoms with E-state index in [1.807, 2.05) is 0 Å². The molecule has 184 valence electrons. The predicted molar refractivity (Wildman–Crippen MR) is 160 cm³/mol. The molecule has 0 saturated carbocycles. The SMILES string of the molecule is CCC(CC)(CC)c1ccc2c(c1)N(C)c1ccccc1[Si]2(c1ccc(C)cc1)c1ccc(C)cc1. The second kappa shape index (κ2) is 9.41. The monoisotopic (exact) mass is 489 g/mol. The molecule has 4 aromatic carbocycles. The van der Waals surface area contributed by atoms with Crippen LogP contribution in [0.3, 0.4) is 0 Å². The molecule has 1 heterocycles. The van der Waals surface area contributed by atoms with Crippen LogP contribution in [0.15, 0.2) is 91.0 Å². The summed E-state index contributed by atoms with van der Waals surface area (Å²) in [6.07, 6.45) is 3.49. The molecule has 5 rings (SSSR count). The molecule has 0 aromatic heterocycles. The molecule has 0 atom stereocenters. The van der Waals surface area contributed by atoms with Crippen molar-refractivity contribution >= 4 is 40.2 Å². The quantitative estimate of drug-likeness (QED) is 0.290. The molecule has 0 amide bonds. The van der Waals surface area contributed by atoms with Gasteiger partial charge in [0.1, 0.15) is 0 Å². The van der Waals surface area contributed by atoms with E-state index in [9.17, 15) is 0 Å². The zero-order valence-corrected chi connectivity index (χ0v) is 23.7. The van der Waals surface area contributed by atoms with Crippen molar-refractivity contribution in [2.45, 2.75) is 59.3 Å². The van der Waals surface area contributed by atoms with Crippen LogP contribution in [0.1, 0.15) is 56.7 Å². The van der Waals surface area contributed by atoms with Gasteiger partial charge in [0, 0.05) is 18.4 Å². The molecule has 0 bridgehead atoms. The number of anilines is 2. The number of benzene rings is 4. The first-order valence-corrected chi connectivity index (χ1v) is 15.5. The van der Waals surface area contributed by atoms with E-state index >= 15 is 0 Å². The molecule has 0 spiro atoms. The van der Waals surface area contributed by atoms with E-state index in [0.29, 0.717) is 0 Å². The normalized spacial score (nSPS) is 14.3. The van der Waals surface area contributed by atoms with Gasteiger partial charge in [0.05, 0.1) is 0 Å². The van der Waals surface area contributed by atoms with Crippen LogP contribution in [0, 0.1) is 13.8 Å². The third-order valence-electron chi connectivity index (χ3n) is 9.04. The lowest BCUT2D eigenvalue weighted by molar-refractivity contribution is 0.382. The fourth-order valence-electron chi connectivity index (χ4n) is 6.57. The Bertz CT molecular complexity index is 1310. The summed E-state index contributed by atoms with van der Waals surface area (Å²) in [6, 6.07) is 35.4. The molecule has 2 heteroatoms. The minimum Gasteiger partial charge on any atom is -0.345 e. The molecule has 0 radical (unpaired) electrons. The molecule has 0 saturated heterocycles. The van der Waals surface area contributed by atoms with Gasteiger partial charge in [-0.3, -0.25) is 0 Å². The largest absolute Gasteiger partial charge is 0.345 e. The van der Waals surface area contributed by atoms with Crippen LogP contribution in [-0.2, 0) is 5.41 Å². The topological polar surface area (TPSA) is 3.24 Å². The van der Waals surface area contributed by atoms with Gasteiger partial charge in [-0.25, -0.2) is 0 Å². The number of para-hydroxylation sites is 1. The van der Waals surface area contributed by atoms with Crippen molar-refractivity contribution in [3.63, 3.8) is 0 Å². The van der Waals surface area contributed by atoms with Crippen molar-refractivity contribution < 1.29 is 0 Å². The van der Waals surface area contributed by atoms with Crippen molar-refractivity contribution in [1.82, 2.24) is 0 Å². The lowest BCUT2D eigenvalue weighted by Gasteiger charge is -2.45. The molecule has 4 aromatic rings. The van der Waals surface area contributed by atoms with Crippen molar-refractivity contribution in [3.8, 4) is 0 Å². The highest BCUT2D eigenvalue weighted by molar-refractivity contribution is 7.21. The van der Waals surface area contributed by atoms with Gasteiger partial charge in [0.15, 0.2) is 8.07 Å². The summed E-state index contributed by atoms with van der Waals surface area (Å²) in [5.41, 5.74) is 7.04. The first-order chi connectivity index (χ1) is 17.4. The van der Waals surface area contributed by atoms with Gasteiger partial charge in [0.2, 0.25) is 0 Å². The van der Waals surface area contributed by atoms with E-state index in [0.717, 1.165) is 19.3 Å². The Morgan fingerprint density at radius 3 is 1.64 bits per heavy atom. The van der Waals surface area contributed by atoms with Crippen molar-refractivity contribution in [3.05, 3.63) is 108 Å². The minimum absolute atomic E-state index is 0.227. The van der Waals surface area contributed by atoms with E-state index in [-0.39, 0.29) is 5.41 Å². The third kappa shape index (κ3) is 3.57. The zero-order valence-electron chi connectivity index (χ0n) is 22.7. The number of hydrogen-bond donors (Lipinski definition) is 0. The highest BCUT2D eigenvalue weighted by atomic mass is 28.3. The summed E-state index contributed by atoms with van der Waals surface area (Å²) < 4.78 is 0. The summed E-state index contributed by atoms with van der Waals surface area (Å²) in [6.45, 7) is 11.4. The fraction of sp³-hybridized carbons (Fsp3) is 0.294. The fourth-order valence-corrected chi connectivity index (χ4v) is 11.7. The van der Waals surface area contributed by atoms with Crippen LogP contribution in [-0.4, -0.2) is 15.1 Å². The van der Waals surface area contributed by atoms with Gasteiger partial charge in [-0.1, -0.05) is 111 Å². The lowest BCUT2D eigenvalue weighted by Crippen LogP contribution is -2.77. The van der Waals surface area contributed by atoms with E-state index < -0.39 is 8.07 Å². The Morgan fingerprint density at radius 2 is 1.11 bits per heavy atom. The van der Waals surface area contributed by atoms with Crippen LogP contribution < -0.4 is 25.6 Å². The molecule has 0 N–H and O–H groups in total. The zero-order chi connectivity index (χ0) is 25.5. The average Bonchev–Trinajstić information content (AvgIpc) is 2.92. The lowest BCUT2D eigenvalue weighted by atomic mass is 9.74. The van der Waals surface area contributed by atoms with E-state index in [1.54, 1.807) is 0 Å². The molecule has 0 aliphatic carbocycles. The van der Waals surface area contributed by atoms with E-state index in [1.165, 1.54) is 48.8 Å². The summed E-state index contributed by atoms with van der Waals surface area (Å²) in [4.78, 5) is 2.45. The van der Waals surface area contributed by atoms with E-state index in [4.69, 9.17) is 0 Å². The molecule has 1 aliphatic heterocycles. The standard InChI is InChI=1S/C34H39NSi/c1-7-34(8-2,9-3)27-18-23-33-31(24-27)35(6)30-12-10-11-13-32(30)36(33,28-19-14-25(4)15-20-28)29-21-16-26(5)17-22-29/h10-24H,7-9H2,1-6H3. The molecule has 36 heavy (non-hydrogen) atoms. The number of aryl methyl sites for hydroxylation is 2. The first kappa shape index (κ1) is 24.6. The predicted octanol–water partition coefficient (Wildman–Crippen LogP) is 6.23. The van der Waals surface area contributed by atoms with Crippen molar-refractivity contribution in [1.29, 1.82) is 0 Å². The van der Waals surface area contributed by atoms with E-state index in [2.05, 4.69) is 138 Å². The van der Waals surface area contributed by atoms with Crippen molar-refractivity contribution in [2.24, 2.45) is 0 Å². The summed E-state index contributed by atoms with van der Waals surface area (Å²) in [7, 11) is -0.259. The van der Waals surface area contributed by atoms with Gasteiger partial charge >= 0.3 is 0 Å². The maximum atomic E-state index is 2.53. The number of fused-ring (bicyclic) bond motifs is 2. The van der Waals surface area contributed by atoms with Crippen LogP contribution in [0.5, 0.6) is 0 Å². The Morgan fingerprint density at radius 1 is 0.611 bits per heavy atom. The maximum Gasteiger partial charge on any atom is 0.183 e. The van der Waals surface area contributed by atoms with Gasteiger partial charge in [0.25, 0.3) is 0 Å². The Labute approximate surface area is 218 Å². The van der Waals surface area contributed by atoms with Gasteiger partial charge in [-0.15, -0.1) is 0 Å². The Kier molecular flexibility index (Phi) is 6.42. The van der Waals surface area contributed by atoms with Gasteiger partial charge in [-0.05, 0) is 77.0 Å². The minimum atomic E-state index is -2.52. The molecule has 1 aliphatic rings. The second-order valence-corrected chi connectivity index (χ2v) is 14.4. The highest BCUT2D eigenvalue weighted by Gasteiger charge is 2.48. The first-order valence-electron chi connectivity index (χ1n) is 13.5. The molecular formula is C34H39NSi. The van der Waals surface area contributed by atoms with Gasteiger partial charge in [-0.2, -0.15) is 0 Å². The van der Waals surface area contributed by atoms with Crippen LogP contribution in [0.2, 0.25) is 0 Å². The molecular weight excluding hydrogens is 450 g/mol. The van der Waals surface area contributed by atoms with Crippen LogP contribution >= 0.6 is 0 Å². The number of nitrogens with zero attached hydrogens (tertiary/aromatic N) is 1. The smallest absolute Gasteiger partial charge is 0.183 e. The third-order valence-corrected chi connectivity index (χ3v) is 13.9. The van der Waals surface area contributed by atoms with Crippen LogP contribution in [0.4, 0.5) is 11.4 Å². The summed E-state index contributed by atoms with van der Waals surface area (Å²) in [5.74, 6) is 0. The molecule has 1 nitrogen and oxygen atoms in total. The average molecular weight is 490 g/mol.